The van der Waals surface area contributed by atoms with Crippen molar-refractivity contribution in [2.75, 3.05) is 0 Å². The molecule has 1 saturated heterocycles. The highest BCUT2D eigenvalue weighted by atomic mass is 16.4. The van der Waals surface area contributed by atoms with Crippen molar-refractivity contribution in [2.45, 2.75) is 46.8 Å². The molecule has 0 aromatic carbocycles. The van der Waals surface area contributed by atoms with Crippen molar-refractivity contribution in [2.24, 2.45) is 16.7 Å². The van der Waals surface area contributed by atoms with Gasteiger partial charge in [-0.1, -0.05) is 34.3 Å². The summed E-state index contributed by atoms with van der Waals surface area (Å²) in [7, 11) is 0. The molecule has 1 saturated carbocycles. The molecule has 1 nitrogen and oxygen atoms in total. The van der Waals surface area contributed by atoms with Gasteiger partial charge in [-0.3, -0.25) is 0 Å². The van der Waals surface area contributed by atoms with Crippen molar-refractivity contribution < 1.29 is 4.65 Å². The van der Waals surface area contributed by atoms with Gasteiger partial charge in [0.05, 0.1) is 5.76 Å². The second-order valence-corrected chi connectivity index (χ2v) is 6.14. The Morgan fingerprint density at radius 2 is 1.86 bits per heavy atom. The second-order valence-electron chi connectivity index (χ2n) is 6.14. The predicted octanol–water partition coefficient (Wildman–Crippen LogP) is 3.59. The summed E-state index contributed by atoms with van der Waals surface area (Å²) in [5, 5.41) is 0. The maximum Gasteiger partial charge on any atom is 0.358 e. The Balaban J connectivity index is 2.29. The van der Waals surface area contributed by atoms with Gasteiger partial charge in [0, 0.05) is 6.42 Å². The maximum absolute atomic E-state index is 5.75. The first kappa shape index (κ1) is 10.1. The molecule has 1 heterocycles. The van der Waals surface area contributed by atoms with Gasteiger partial charge in [-0.25, -0.2) is 0 Å². The van der Waals surface area contributed by atoms with Crippen LogP contribution >= 0.6 is 0 Å². The van der Waals surface area contributed by atoms with E-state index in [0.717, 1.165) is 18.1 Å². The van der Waals surface area contributed by atoms with Gasteiger partial charge in [0.2, 0.25) is 0 Å². The van der Waals surface area contributed by atoms with Gasteiger partial charge < -0.3 is 4.65 Å². The Morgan fingerprint density at radius 1 is 1.29 bits per heavy atom. The normalized spacial score (nSPS) is 38.4. The van der Waals surface area contributed by atoms with E-state index >= 15 is 0 Å². The lowest BCUT2D eigenvalue weighted by molar-refractivity contribution is -0.110. The van der Waals surface area contributed by atoms with E-state index in [9.17, 15) is 0 Å². The van der Waals surface area contributed by atoms with Crippen LogP contribution in [0.15, 0.2) is 12.3 Å². The van der Waals surface area contributed by atoms with Gasteiger partial charge in [-0.05, 0) is 29.4 Å². The van der Waals surface area contributed by atoms with Gasteiger partial charge in [-0.2, -0.15) is 0 Å². The Morgan fingerprint density at radius 3 is 2.43 bits per heavy atom. The number of hydrogen-bond donors (Lipinski definition) is 0. The van der Waals surface area contributed by atoms with E-state index in [1.165, 1.54) is 0 Å². The minimum absolute atomic E-state index is 0.351. The number of fused-ring (bicyclic) bond motifs is 1. The molecule has 2 atom stereocenters. The van der Waals surface area contributed by atoms with Crippen molar-refractivity contribution in [3.05, 3.63) is 12.3 Å². The minimum atomic E-state index is 0.351. The fourth-order valence-corrected chi connectivity index (χ4v) is 3.69. The summed E-state index contributed by atoms with van der Waals surface area (Å²) < 4.78 is 5.75. The summed E-state index contributed by atoms with van der Waals surface area (Å²) in [6.45, 7) is 16.0. The van der Waals surface area contributed by atoms with Crippen LogP contribution in [0, 0.1) is 16.7 Å². The fourth-order valence-electron chi connectivity index (χ4n) is 3.69. The molecule has 1 aliphatic heterocycles. The zero-order valence-electron chi connectivity index (χ0n) is 10.1. The van der Waals surface area contributed by atoms with Crippen LogP contribution < -0.4 is 0 Å². The smallest absolute Gasteiger partial charge is 0.358 e. The van der Waals surface area contributed by atoms with Crippen LogP contribution in [-0.2, 0) is 4.65 Å². The quantitative estimate of drug-likeness (QED) is 0.533. The number of allylic oxidation sites excluding steroid dienone is 1. The third-order valence-corrected chi connectivity index (χ3v) is 5.16. The molecule has 2 heteroatoms. The Hall–Kier alpha value is -0.395. The molecule has 78 valence electrons. The zero-order valence-corrected chi connectivity index (χ0v) is 10.1. The van der Waals surface area contributed by atoms with Gasteiger partial charge in [0.1, 0.15) is 0 Å². The number of rotatable bonds is 0. The van der Waals surface area contributed by atoms with Crippen LogP contribution in [0.2, 0.25) is 12.6 Å². The molecule has 0 spiro atoms. The molecule has 0 radical (unpaired) electrons. The first-order valence-corrected chi connectivity index (χ1v) is 5.63. The summed E-state index contributed by atoms with van der Waals surface area (Å²) in [4.78, 5) is 0. The standard InChI is InChI=1S/C12H21BO/c1-8-7-9-10(13(6)14-8)12(4,5)11(9,2)3/h9-10H,1,7H2,2-6H3. The summed E-state index contributed by atoms with van der Waals surface area (Å²) in [6.07, 6.45) is 1.06. The summed E-state index contributed by atoms with van der Waals surface area (Å²) >= 11 is 0. The highest BCUT2D eigenvalue weighted by Crippen LogP contribution is 2.71. The topological polar surface area (TPSA) is 9.23 Å². The minimum Gasteiger partial charge on any atom is -0.564 e. The highest BCUT2D eigenvalue weighted by Gasteiger charge is 2.65. The molecule has 0 aromatic heterocycles. The molecule has 14 heavy (non-hydrogen) atoms. The lowest BCUT2D eigenvalue weighted by atomic mass is 9.27. The summed E-state index contributed by atoms with van der Waals surface area (Å²) in [5.41, 5.74) is 0.830. The Labute approximate surface area is 88.0 Å². The molecule has 0 bridgehead atoms. The predicted molar refractivity (Wildman–Crippen MR) is 61.3 cm³/mol. The molecular formula is C12H21BO. The Kier molecular flexibility index (Phi) is 1.87. The van der Waals surface area contributed by atoms with Crippen molar-refractivity contribution in [1.82, 2.24) is 0 Å². The van der Waals surface area contributed by atoms with Gasteiger partial charge in [0.15, 0.2) is 0 Å². The van der Waals surface area contributed by atoms with Crippen LogP contribution in [0.1, 0.15) is 34.1 Å². The molecule has 2 fully saturated rings. The van der Waals surface area contributed by atoms with Crippen molar-refractivity contribution in [3.63, 3.8) is 0 Å². The van der Waals surface area contributed by atoms with Crippen LogP contribution in [-0.4, -0.2) is 6.92 Å². The lowest BCUT2D eigenvalue weighted by Crippen LogP contribution is -2.62. The molecule has 2 aliphatic rings. The SMILES string of the molecule is C=C1CC2C(B(C)O1)C(C)(C)C2(C)C. The third-order valence-electron chi connectivity index (χ3n) is 5.16. The molecule has 1 aliphatic carbocycles. The first-order chi connectivity index (χ1) is 6.28. The van der Waals surface area contributed by atoms with E-state index < -0.39 is 0 Å². The highest BCUT2D eigenvalue weighted by molar-refractivity contribution is 6.53. The van der Waals surface area contributed by atoms with Gasteiger partial charge >= 0.3 is 6.92 Å². The average Bonchev–Trinajstić information content (AvgIpc) is 2.01. The molecule has 2 unspecified atom stereocenters. The van der Waals surface area contributed by atoms with Crippen LogP contribution in [0.5, 0.6) is 0 Å². The maximum atomic E-state index is 5.75. The Bertz CT molecular complexity index is 280. The first-order valence-electron chi connectivity index (χ1n) is 5.63. The van der Waals surface area contributed by atoms with E-state index in [1.807, 2.05) is 0 Å². The molecule has 0 amide bonds. The van der Waals surface area contributed by atoms with E-state index in [1.54, 1.807) is 0 Å². The van der Waals surface area contributed by atoms with E-state index in [4.69, 9.17) is 4.65 Å². The lowest BCUT2D eigenvalue weighted by Gasteiger charge is -2.68. The van der Waals surface area contributed by atoms with E-state index in [-0.39, 0.29) is 0 Å². The average molecular weight is 192 g/mol. The van der Waals surface area contributed by atoms with Gasteiger partial charge in [0.25, 0.3) is 0 Å². The van der Waals surface area contributed by atoms with E-state index in [0.29, 0.717) is 23.6 Å². The van der Waals surface area contributed by atoms with Crippen LogP contribution in [0.3, 0.4) is 0 Å². The van der Waals surface area contributed by atoms with Crippen molar-refractivity contribution >= 4 is 6.92 Å². The fraction of sp³-hybridized carbons (Fsp3) is 0.833. The van der Waals surface area contributed by atoms with Gasteiger partial charge in [-0.15, -0.1) is 0 Å². The number of hydrogen-bond acceptors (Lipinski definition) is 1. The second kappa shape index (κ2) is 2.59. The third kappa shape index (κ3) is 0.974. The molecule has 0 N–H and O–H groups in total. The van der Waals surface area contributed by atoms with Crippen molar-refractivity contribution in [3.8, 4) is 0 Å². The van der Waals surface area contributed by atoms with Crippen LogP contribution in [0.25, 0.3) is 0 Å². The molecule has 2 rings (SSSR count). The summed E-state index contributed by atoms with van der Waals surface area (Å²) in [5.74, 6) is 2.47. The molecule has 0 aromatic rings. The van der Waals surface area contributed by atoms with Crippen molar-refractivity contribution in [1.29, 1.82) is 0 Å². The summed E-state index contributed by atoms with van der Waals surface area (Å²) in [6, 6.07) is 0. The largest absolute Gasteiger partial charge is 0.564 e. The monoisotopic (exact) mass is 192 g/mol. The zero-order chi connectivity index (χ0) is 10.7. The van der Waals surface area contributed by atoms with E-state index in [2.05, 4.69) is 41.1 Å². The molecular weight excluding hydrogens is 171 g/mol. The van der Waals surface area contributed by atoms with Crippen LogP contribution in [0.4, 0.5) is 0 Å².